The highest BCUT2D eigenvalue weighted by Crippen LogP contribution is 2.39. The molecular weight excluding hydrogens is 224 g/mol. The zero-order chi connectivity index (χ0) is 12.5. The minimum atomic E-state index is 0.758. The number of allylic oxidation sites excluding steroid dienone is 2. The fraction of sp³-hybridized carbons (Fsp3) is 0.533. The first-order valence-corrected chi connectivity index (χ1v) is 6.70. The Bertz CT molecular complexity index is 481. The van der Waals surface area contributed by atoms with Crippen molar-refractivity contribution in [2.24, 2.45) is 11.8 Å². The summed E-state index contributed by atoms with van der Waals surface area (Å²) in [5.41, 5.74) is 3.63. The van der Waals surface area contributed by atoms with Crippen LogP contribution in [0, 0.1) is 18.8 Å². The van der Waals surface area contributed by atoms with Crippen LogP contribution in [-0.4, -0.2) is 25.2 Å². The van der Waals surface area contributed by atoms with Gasteiger partial charge >= 0.3 is 0 Å². The monoisotopic (exact) mass is 244 g/mol. The minimum absolute atomic E-state index is 0.758. The first-order chi connectivity index (χ1) is 8.78. The molecule has 0 unspecified atom stereocenters. The SMILES string of the molecule is COc1cc(C2=C[C@@H]3CCNC[C@@H]3C2)cnc1C. The predicted molar refractivity (Wildman–Crippen MR) is 72.6 cm³/mol. The third kappa shape index (κ3) is 2.03. The van der Waals surface area contributed by atoms with Crippen molar-refractivity contribution in [2.45, 2.75) is 19.8 Å². The molecule has 0 spiro atoms. The normalized spacial score (nSPS) is 26.7. The number of hydrogen-bond donors (Lipinski definition) is 1. The van der Waals surface area contributed by atoms with Gasteiger partial charge in [0.1, 0.15) is 5.75 Å². The maximum atomic E-state index is 5.36. The number of aryl methyl sites for hydroxylation is 1. The summed E-state index contributed by atoms with van der Waals surface area (Å²) in [6.45, 7) is 4.29. The molecule has 96 valence electrons. The number of fused-ring (bicyclic) bond motifs is 1. The van der Waals surface area contributed by atoms with Crippen LogP contribution < -0.4 is 10.1 Å². The number of rotatable bonds is 2. The van der Waals surface area contributed by atoms with Crippen LogP contribution in [0.5, 0.6) is 5.75 Å². The highest BCUT2D eigenvalue weighted by molar-refractivity contribution is 5.68. The van der Waals surface area contributed by atoms with Crippen LogP contribution >= 0.6 is 0 Å². The van der Waals surface area contributed by atoms with Gasteiger partial charge in [-0.1, -0.05) is 6.08 Å². The Morgan fingerprint density at radius 3 is 3.11 bits per heavy atom. The van der Waals surface area contributed by atoms with Crippen LogP contribution in [0.3, 0.4) is 0 Å². The lowest BCUT2D eigenvalue weighted by Crippen LogP contribution is -2.33. The Morgan fingerprint density at radius 1 is 1.44 bits per heavy atom. The average Bonchev–Trinajstić information content (AvgIpc) is 2.83. The predicted octanol–water partition coefficient (Wildman–Crippen LogP) is 2.41. The molecule has 0 saturated carbocycles. The van der Waals surface area contributed by atoms with Crippen LogP contribution in [-0.2, 0) is 0 Å². The van der Waals surface area contributed by atoms with Crippen LogP contribution in [0.4, 0.5) is 0 Å². The number of aromatic nitrogens is 1. The molecule has 0 amide bonds. The minimum Gasteiger partial charge on any atom is -0.495 e. The van der Waals surface area contributed by atoms with Gasteiger partial charge in [0.15, 0.2) is 0 Å². The fourth-order valence-corrected chi connectivity index (χ4v) is 3.10. The lowest BCUT2D eigenvalue weighted by atomic mass is 9.89. The zero-order valence-corrected chi connectivity index (χ0v) is 11.1. The van der Waals surface area contributed by atoms with Gasteiger partial charge in [-0.25, -0.2) is 0 Å². The molecule has 1 saturated heterocycles. The van der Waals surface area contributed by atoms with Crippen LogP contribution in [0.15, 0.2) is 18.3 Å². The largest absolute Gasteiger partial charge is 0.495 e. The molecule has 1 aliphatic carbocycles. The van der Waals surface area contributed by atoms with E-state index in [9.17, 15) is 0 Å². The Morgan fingerprint density at radius 2 is 2.33 bits per heavy atom. The Labute approximate surface area is 108 Å². The second-order valence-corrected chi connectivity index (χ2v) is 5.32. The average molecular weight is 244 g/mol. The van der Waals surface area contributed by atoms with Crippen LogP contribution in [0.1, 0.15) is 24.1 Å². The first-order valence-electron chi connectivity index (χ1n) is 6.70. The summed E-state index contributed by atoms with van der Waals surface area (Å²) in [4.78, 5) is 4.43. The van der Waals surface area contributed by atoms with E-state index in [-0.39, 0.29) is 0 Å². The maximum absolute atomic E-state index is 5.36. The van der Waals surface area contributed by atoms with E-state index in [4.69, 9.17) is 4.74 Å². The molecule has 0 radical (unpaired) electrons. The summed E-state index contributed by atoms with van der Waals surface area (Å²) < 4.78 is 5.36. The number of nitrogens with zero attached hydrogens (tertiary/aromatic N) is 1. The van der Waals surface area contributed by atoms with Gasteiger partial charge in [-0.2, -0.15) is 0 Å². The molecule has 3 nitrogen and oxygen atoms in total. The summed E-state index contributed by atoms with van der Waals surface area (Å²) in [5, 5.41) is 3.49. The molecule has 1 aromatic heterocycles. The molecule has 2 heterocycles. The van der Waals surface area contributed by atoms with E-state index in [0.717, 1.165) is 36.4 Å². The van der Waals surface area contributed by atoms with Crippen molar-refractivity contribution in [1.82, 2.24) is 10.3 Å². The Balaban J connectivity index is 1.87. The molecule has 2 aliphatic rings. The third-order valence-electron chi connectivity index (χ3n) is 4.20. The number of methoxy groups -OCH3 is 1. The lowest BCUT2D eigenvalue weighted by molar-refractivity contribution is 0.324. The van der Waals surface area contributed by atoms with Crippen molar-refractivity contribution < 1.29 is 4.74 Å². The van der Waals surface area contributed by atoms with Gasteiger partial charge in [-0.15, -0.1) is 0 Å². The Hall–Kier alpha value is -1.35. The number of piperidine rings is 1. The molecule has 1 fully saturated rings. The number of pyridine rings is 1. The zero-order valence-electron chi connectivity index (χ0n) is 11.1. The molecule has 1 N–H and O–H groups in total. The van der Waals surface area contributed by atoms with E-state index < -0.39 is 0 Å². The summed E-state index contributed by atoms with van der Waals surface area (Å²) in [7, 11) is 1.71. The van der Waals surface area contributed by atoms with Gasteiger partial charge in [0.25, 0.3) is 0 Å². The van der Waals surface area contributed by atoms with Crippen molar-refractivity contribution in [1.29, 1.82) is 0 Å². The summed E-state index contributed by atoms with van der Waals surface area (Å²) in [6.07, 6.45) is 6.88. The van der Waals surface area contributed by atoms with Crippen molar-refractivity contribution in [2.75, 3.05) is 20.2 Å². The second-order valence-electron chi connectivity index (χ2n) is 5.32. The molecule has 0 aromatic carbocycles. The van der Waals surface area contributed by atoms with E-state index in [1.54, 1.807) is 7.11 Å². The second kappa shape index (κ2) is 4.73. The highest BCUT2D eigenvalue weighted by atomic mass is 16.5. The summed E-state index contributed by atoms with van der Waals surface area (Å²) in [5.74, 6) is 2.43. The first kappa shape index (κ1) is 11.7. The van der Waals surface area contributed by atoms with Gasteiger partial charge in [-0.05, 0) is 61.9 Å². The van der Waals surface area contributed by atoms with Crippen molar-refractivity contribution in [3.63, 3.8) is 0 Å². The number of hydrogen-bond acceptors (Lipinski definition) is 3. The van der Waals surface area contributed by atoms with Crippen molar-refractivity contribution in [3.05, 3.63) is 29.6 Å². The van der Waals surface area contributed by atoms with Gasteiger partial charge in [0.05, 0.1) is 12.8 Å². The van der Waals surface area contributed by atoms with Gasteiger partial charge in [0, 0.05) is 6.20 Å². The summed E-state index contributed by atoms with van der Waals surface area (Å²) in [6, 6.07) is 2.12. The van der Waals surface area contributed by atoms with Crippen LogP contribution in [0.2, 0.25) is 0 Å². The van der Waals surface area contributed by atoms with Crippen molar-refractivity contribution in [3.8, 4) is 5.75 Å². The molecule has 1 aliphatic heterocycles. The third-order valence-corrected chi connectivity index (χ3v) is 4.20. The lowest BCUT2D eigenvalue weighted by Gasteiger charge is -2.25. The van der Waals surface area contributed by atoms with E-state index in [1.807, 2.05) is 13.1 Å². The van der Waals surface area contributed by atoms with Gasteiger partial charge < -0.3 is 10.1 Å². The number of ether oxygens (including phenoxy) is 1. The number of nitrogens with one attached hydrogen (secondary N) is 1. The molecule has 3 rings (SSSR count). The van der Waals surface area contributed by atoms with Gasteiger partial charge in [0.2, 0.25) is 0 Å². The molecule has 3 heteroatoms. The standard InChI is InChI=1S/C15H20N2O/c1-10-15(18-2)7-14(9-17-10)12-5-11-3-4-16-8-13(11)6-12/h5,7,9,11,13,16H,3-4,6,8H2,1-2H3/t11-,13-/m0/s1. The van der Waals surface area contributed by atoms with Crippen molar-refractivity contribution >= 4 is 5.57 Å². The smallest absolute Gasteiger partial charge is 0.140 e. The fourth-order valence-electron chi connectivity index (χ4n) is 3.10. The quantitative estimate of drug-likeness (QED) is 0.867. The van der Waals surface area contributed by atoms with E-state index in [1.165, 1.54) is 24.0 Å². The van der Waals surface area contributed by atoms with Crippen LogP contribution in [0.25, 0.3) is 5.57 Å². The molecular formula is C15H20N2O. The van der Waals surface area contributed by atoms with E-state index in [0.29, 0.717) is 0 Å². The van der Waals surface area contributed by atoms with E-state index >= 15 is 0 Å². The Kier molecular flexibility index (Phi) is 3.08. The molecule has 18 heavy (non-hydrogen) atoms. The summed E-state index contributed by atoms with van der Waals surface area (Å²) >= 11 is 0. The molecule has 2 atom stereocenters. The maximum Gasteiger partial charge on any atom is 0.140 e. The highest BCUT2D eigenvalue weighted by Gasteiger charge is 2.30. The van der Waals surface area contributed by atoms with E-state index in [2.05, 4.69) is 22.4 Å². The molecule has 0 bridgehead atoms. The topological polar surface area (TPSA) is 34.1 Å². The van der Waals surface area contributed by atoms with Gasteiger partial charge in [-0.3, -0.25) is 4.98 Å². The molecule has 1 aromatic rings.